The number of hydrogen-bond donors (Lipinski definition) is 1. The van der Waals surface area contributed by atoms with Gasteiger partial charge in [0.15, 0.2) is 0 Å². The highest BCUT2D eigenvalue weighted by Crippen LogP contribution is 2.51. The van der Waals surface area contributed by atoms with Gasteiger partial charge in [-0.2, -0.15) is 0 Å². The zero-order valence-corrected chi connectivity index (χ0v) is 11.4. The molecule has 0 amide bonds. The van der Waals surface area contributed by atoms with Crippen LogP contribution in [0.25, 0.3) is 0 Å². The summed E-state index contributed by atoms with van der Waals surface area (Å²) in [5.74, 6) is 0.963. The average molecular weight is 224 g/mol. The first-order chi connectivity index (χ1) is 7.47. The molecule has 1 saturated heterocycles. The maximum Gasteiger partial charge on any atom is 0.0197 e. The third-order valence-electron chi connectivity index (χ3n) is 4.27. The molecule has 1 saturated carbocycles. The summed E-state index contributed by atoms with van der Waals surface area (Å²) in [6.45, 7) is 13.2. The van der Waals surface area contributed by atoms with Gasteiger partial charge in [0.2, 0.25) is 0 Å². The van der Waals surface area contributed by atoms with E-state index in [1.807, 2.05) is 0 Å². The Morgan fingerprint density at radius 3 is 2.62 bits per heavy atom. The molecule has 2 atom stereocenters. The highest BCUT2D eigenvalue weighted by Gasteiger charge is 2.46. The van der Waals surface area contributed by atoms with Crippen molar-refractivity contribution in [3.8, 4) is 0 Å². The maximum atomic E-state index is 3.68. The topological polar surface area (TPSA) is 15.3 Å². The number of nitrogens with one attached hydrogen (secondary N) is 1. The molecule has 0 spiro atoms. The summed E-state index contributed by atoms with van der Waals surface area (Å²) in [6.07, 6.45) is 4.17. The molecule has 2 heteroatoms. The van der Waals surface area contributed by atoms with Crippen LogP contribution >= 0.6 is 0 Å². The van der Waals surface area contributed by atoms with Crippen molar-refractivity contribution >= 4 is 0 Å². The van der Waals surface area contributed by atoms with E-state index in [9.17, 15) is 0 Å². The van der Waals surface area contributed by atoms with Gasteiger partial charge in [0.1, 0.15) is 0 Å². The first kappa shape index (κ1) is 12.4. The number of hydrogen-bond acceptors (Lipinski definition) is 2. The quantitative estimate of drug-likeness (QED) is 0.789. The molecule has 94 valence electrons. The van der Waals surface area contributed by atoms with Gasteiger partial charge in [-0.25, -0.2) is 0 Å². The van der Waals surface area contributed by atoms with E-state index in [1.54, 1.807) is 0 Å². The Hall–Kier alpha value is -0.0800. The lowest BCUT2D eigenvalue weighted by Gasteiger charge is -2.34. The van der Waals surface area contributed by atoms with Crippen LogP contribution in [0.3, 0.4) is 0 Å². The van der Waals surface area contributed by atoms with Crippen LogP contribution in [0.1, 0.15) is 47.0 Å². The van der Waals surface area contributed by atoms with Gasteiger partial charge in [-0.15, -0.1) is 0 Å². The predicted molar refractivity (Wildman–Crippen MR) is 69.6 cm³/mol. The van der Waals surface area contributed by atoms with Crippen molar-refractivity contribution in [1.29, 1.82) is 0 Å². The van der Waals surface area contributed by atoms with Crippen LogP contribution in [-0.2, 0) is 0 Å². The highest BCUT2D eigenvalue weighted by molar-refractivity contribution is 4.97. The molecule has 1 aliphatic carbocycles. The molecule has 1 heterocycles. The Balaban J connectivity index is 1.74. The summed E-state index contributed by atoms with van der Waals surface area (Å²) in [6, 6.07) is 1.36. The summed E-state index contributed by atoms with van der Waals surface area (Å²) in [5.41, 5.74) is 0.637. The smallest absolute Gasteiger partial charge is 0.0197 e. The van der Waals surface area contributed by atoms with E-state index in [1.165, 1.54) is 38.9 Å². The maximum absolute atomic E-state index is 3.68. The first-order valence-electron chi connectivity index (χ1n) is 6.96. The minimum absolute atomic E-state index is 0.627. The van der Waals surface area contributed by atoms with Crippen LogP contribution in [0.2, 0.25) is 0 Å². The minimum Gasteiger partial charge on any atom is -0.311 e. The molecular weight excluding hydrogens is 196 g/mol. The van der Waals surface area contributed by atoms with Crippen molar-refractivity contribution < 1.29 is 0 Å². The monoisotopic (exact) mass is 224 g/mol. The van der Waals surface area contributed by atoms with E-state index in [4.69, 9.17) is 0 Å². The van der Waals surface area contributed by atoms with Gasteiger partial charge >= 0.3 is 0 Å². The summed E-state index contributed by atoms with van der Waals surface area (Å²) >= 11 is 0. The third-order valence-corrected chi connectivity index (χ3v) is 4.27. The number of rotatable bonds is 4. The Labute approximate surface area is 101 Å². The standard InChI is InChI=1S/C14H28N2/c1-11(2)15-13-6-5-7-16(10-13)9-12-8-14(12,3)4/h11-13,15H,5-10H2,1-4H3. The second-order valence-electron chi connectivity index (χ2n) is 6.81. The largest absolute Gasteiger partial charge is 0.311 e. The normalized spacial score (nSPS) is 34.3. The zero-order valence-electron chi connectivity index (χ0n) is 11.4. The van der Waals surface area contributed by atoms with Crippen LogP contribution in [0.4, 0.5) is 0 Å². The summed E-state index contributed by atoms with van der Waals surface area (Å²) in [7, 11) is 0. The molecule has 2 unspecified atom stereocenters. The van der Waals surface area contributed by atoms with Crippen molar-refractivity contribution in [2.75, 3.05) is 19.6 Å². The van der Waals surface area contributed by atoms with Gasteiger partial charge in [0.25, 0.3) is 0 Å². The fourth-order valence-electron chi connectivity index (χ4n) is 3.03. The van der Waals surface area contributed by atoms with E-state index < -0.39 is 0 Å². The van der Waals surface area contributed by atoms with E-state index in [0.717, 1.165) is 12.0 Å². The Morgan fingerprint density at radius 2 is 2.06 bits per heavy atom. The van der Waals surface area contributed by atoms with Crippen LogP contribution in [0.5, 0.6) is 0 Å². The molecule has 2 rings (SSSR count). The van der Waals surface area contributed by atoms with E-state index in [-0.39, 0.29) is 0 Å². The molecule has 0 aromatic carbocycles. The van der Waals surface area contributed by atoms with E-state index in [0.29, 0.717) is 11.5 Å². The summed E-state index contributed by atoms with van der Waals surface area (Å²) in [4.78, 5) is 2.68. The van der Waals surface area contributed by atoms with Crippen molar-refractivity contribution in [3.63, 3.8) is 0 Å². The van der Waals surface area contributed by atoms with Gasteiger partial charge in [-0.3, -0.25) is 0 Å². The van der Waals surface area contributed by atoms with Crippen molar-refractivity contribution in [2.24, 2.45) is 11.3 Å². The predicted octanol–water partition coefficient (Wildman–Crippen LogP) is 2.49. The second kappa shape index (κ2) is 4.66. The SMILES string of the molecule is CC(C)NC1CCCN(CC2CC2(C)C)C1. The van der Waals surface area contributed by atoms with Crippen LogP contribution in [-0.4, -0.2) is 36.6 Å². The molecule has 0 bridgehead atoms. The zero-order chi connectivity index (χ0) is 11.8. The molecule has 2 aliphatic rings. The van der Waals surface area contributed by atoms with Crippen LogP contribution < -0.4 is 5.32 Å². The highest BCUT2D eigenvalue weighted by atomic mass is 15.2. The fraction of sp³-hybridized carbons (Fsp3) is 1.00. The lowest BCUT2D eigenvalue weighted by molar-refractivity contribution is 0.173. The molecule has 1 N–H and O–H groups in total. The lowest BCUT2D eigenvalue weighted by Crippen LogP contribution is -2.48. The Morgan fingerprint density at radius 1 is 1.38 bits per heavy atom. The van der Waals surface area contributed by atoms with Crippen molar-refractivity contribution in [3.05, 3.63) is 0 Å². The molecular formula is C14H28N2. The third kappa shape index (κ3) is 3.21. The average Bonchev–Trinajstić information content (AvgIpc) is 2.72. The van der Waals surface area contributed by atoms with Gasteiger partial charge in [0.05, 0.1) is 0 Å². The Bertz CT molecular complexity index is 235. The fourth-order valence-corrected chi connectivity index (χ4v) is 3.03. The van der Waals surface area contributed by atoms with Crippen LogP contribution in [0, 0.1) is 11.3 Å². The number of likely N-dealkylation sites (tertiary alicyclic amines) is 1. The van der Waals surface area contributed by atoms with Gasteiger partial charge in [0, 0.05) is 25.2 Å². The Kier molecular flexibility index (Phi) is 3.60. The summed E-state index contributed by atoms with van der Waals surface area (Å²) in [5, 5.41) is 3.68. The molecule has 2 nitrogen and oxygen atoms in total. The first-order valence-corrected chi connectivity index (χ1v) is 6.96. The molecule has 16 heavy (non-hydrogen) atoms. The molecule has 1 aliphatic heterocycles. The van der Waals surface area contributed by atoms with Gasteiger partial charge < -0.3 is 10.2 Å². The van der Waals surface area contributed by atoms with Gasteiger partial charge in [-0.1, -0.05) is 27.7 Å². The molecule has 2 fully saturated rings. The second-order valence-corrected chi connectivity index (χ2v) is 6.81. The molecule has 0 radical (unpaired) electrons. The molecule has 0 aromatic rings. The molecule has 0 aromatic heterocycles. The van der Waals surface area contributed by atoms with Crippen molar-refractivity contribution in [1.82, 2.24) is 10.2 Å². The summed E-state index contributed by atoms with van der Waals surface area (Å²) < 4.78 is 0. The van der Waals surface area contributed by atoms with E-state index in [2.05, 4.69) is 37.9 Å². The number of piperidine rings is 1. The lowest BCUT2D eigenvalue weighted by atomic mass is 10.0. The minimum atomic E-state index is 0.627. The van der Waals surface area contributed by atoms with Crippen molar-refractivity contribution in [2.45, 2.75) is 59.0 Å². The van der Waals surface area contributed by atoms with Crippen LogP contribution in [0.15, 0.2) is 0 Å². The van der Waals surface area contributed by atoms with E-state index >= 15 is 0 Å². The number of nitrogens with zero attached hydrogens (tertiary/aromatic N) is 1. The van der Waals surface area contributed by atoms with Gasteiger partial charge in [-0.05, 0) is 37.1 Å².